The lowest BCUT2D eigenvalue weighted by molar-refractivity contribution is 0.0929. The topological polar surface area (TPSA) is 56.6 Å². The van der Waals surface area contributed by atoms with Gasteiger partial charge in [0.05, 0.1) is 27.1 Å². The Balaban J connectivity index is 1.15. The highest BCUT2D eigenvalue weighted by atomic mass is 35.5. The van der Waals surface area contributed by atoms with Gasteiger partial charge in [-0.25, -0.2) is 4.68 Å². The Morgan fingerprint density at radius 3 is 2.14 bits per heavy atom. The normalized spacial score (nSPS) is 16.4. The minimum Gasteiger partial charge on any atom is -0.368 e. The van der Waals surface area contributed by atoms with E-state index < -0.39 is 0 Å². The van der Waals surface area contributed by atoms with Crippen LogP contribution in [0.3, 0.4) is 0 Å². The summed E-state index contributed by atoms with van der Waals surface area (Å²) in [5.74, 6) is -0.120. The third-order valence-corrected chi connectivity index (χ3v) is 9.10. The van der Waals surface area contributed by atoms with Crippen LogP contribution in [0.2, 0.25) is 10.0 Å². The number of halogens is 2. The number of amides is 1. The van der Waals surface area contributed by atoms with Gasteiger partial charge >= 0.3 is 0 Å². The summed E-state index contributed by atoms with van der Waals surface area (Å²) in [6, 6.07) is 26.3. The number of piperidine rings is 1. The molecule has 2 aliphatic heterocycles. The average Bonchev–Trinajstić information content (AvgIpc) is 3.46. The SMILES string of the molecule is O=C(NCCN1CCN(Cc2ccc(Cl)c(Cl)c2)CC1)c1nn(-c2ccccc2)c(-c2ccccc2)c1N1CCCCC1. The van der Waals surface area contributed by atoms with Crippen LogP contribution < -0.4 is 10.2 Å². The largest absolute Gasteiger partial charge is 0.368 e. The Hall–Kier alpha value is -3.36. The maximum absolute atomic E-state index is 13.8. The van der Waals surface area contributed by atoms with Crippen LogP contribution in [0.5, 0.6) is 0 Å². The average molecular weight is 618 g/mol. The molecule has 1 amide bonds. The fourth-order valence-corrected chi connectivity index (χ4v) is 6.39. The fraction of sp³-hybridized carbons (Fsp3) is 0.353. The van der Waals surface area contributed by atoms with E-state index >= 15 is 0 Å². The first-order valence-electron chi connectivity index (χ1n) is 15.2. The number of hydrogen-bond acceptors (Lipinski definition) is 5. The standard InChI is InChI=1S/C34H38Cl2N6O/c35-29-15-14-26(24-30(29)36)25-40-22-20-39(21-23-40)19-16-37-34(43)31-33(41-17-8-3-9-18-41)32(27-10-4-1-5-11-27)42(38-31)28-12-6-2-7-13-28/h1-2,4-7,10-15,24H,3,8-9,16-23,25H2,(H,37,43). The van der Waals surface area contributed by atoms with Crippen molar-refractivity contribution in [1.82, 2.24) is 24.9 Å². The summed E-state index contributed by atoms with van der Waals surface area (Å²) in [6.07, 6.45) is 3.44. The van der Waals surface area contributed by atoms with Crippen molar-refractivity contribution in [3.63, 3.8) is 0 Å². The van der Waals surface area contributed by atoms with Gasteiger partial charge in [0.2, 0.25) is 0 Å². The van der Waals surface area contributed by atoms with Crippen LogP contribution in [-0.4, -0.2) is 77.8 Å². The molecule has 4 aromatic rings. The van der Waals surface area contributed by atoms with E-state index in [1.807, 2.05) is 71.4 Å². The predicted octanol–water partition coefficient (Wildman–Crippen LogP) is 6.38. The zero-order chi connectivity index (χ0) is 29.6. The van der Waals surface area contributed by atoms with Gasteiger partial charge in [-0.05, 0) is 49.1 Å². The van der Waals surface area contributed by atoms with Gasteiger partial charge in [-0.15, -0.1) is 0 Å². The third kappa shape index (κ3) is 7.07. The maximum Gasteiger partial charge on any atom is 0.274 e. The molecule has 7 nitrogen and oxygen atoms in total. The van der Waals surface area contributed by atoms with Gasteiger partial charge in [-0.2, -0.15) is 5.10 Å². The molecule has 43 heavy (non-hydrogen) atoms. The van der Waals surface area contributed by atoms with Crippen molar-refractivity contribution in [1.29, 1.82) is 0 Å². The third-order valence-electron chi connectivity index (χ3n) is 8.36. The summed E-state index contributed by atoms with van der Waals surface area (Å²) in [7, 11) is 0. The molecule has 224 valence electrons. The lowest BCUT2D eigenvalue weighted by Gasteiger charge is -2.34. The lowest BCUT2D eigenvalue weighted by Crippen LogP contribution is -2.48. The van der Waals surface area contributed by atoms with Crippen molar-refractivity contribution >= 4 is 34.8 Å². The molecule has 0 aliphatic carbocycles. The van der Waals surface area contributed by atoms with Crippen LogP contribution in [0.25, 0.3) is 16.9 Å². The first kappa shape index (κ1) is 29.7. The van der Waals surface area contributed by atoms with E-state index in [1.54, 1.807) is 0 Å². The number of nitrogens with zero attached hydrogens (tertiary/aromatic N) is 5. The monoisotopic (exact) mass is 616 g/mol. The number of hydrogen-bond donors (Lipinski definition) is 1. The second kappa shape index (κ2) is 14.0. The fourth-order valence-electron chi connectivity index (χ4n) is 6.07. The van der Waals surface area contributed by atoms with Crippen molar-refractivity contribution in [3.8, 4) is 16.9 Å². The predicted molar refractivity (Wildman–Crippen MR) is 176 cm³/mol. The van der Waals surface area contributed by atoms with E-state index in [0.717, 1.165) is 87.8 Å². The molecule has 2 fully saturated rings. The van der Waals surface area contributed by atoms with E-state index in [0.29, 0.717) is 22.3 Å². The maximum atomic E-state index is 13.8. The first-order chi connectivity index (χ1) is 21.1. The first-order valence-corrected chi connectivity index (χ1v) is 16.0. The Morgan fingerprint density at radius 2 is 1.44 bits per heavy atom. The van der Waals surface area contributed by atoms with Crippen LogP contribution in [0, 0.1) is 0 Å². The van der Waals surface area contributed by atoms with Crippen LogP contribution in [0.15, 0.2) is 78.9 Å². The highest BCUT2D eigenvalue weighted by Crippen LogP contribution is 2.37. The smallest absolute Gasteiger partial charge is 0.274 e. The number of benzene rings is 3. The van der Waals surface area contributed by atoms with Gasteiger partial charge < -0.3 is 10.2 Å². The van der Waals surface area contributed by atoms with Crippen molar-refractivity contribution in [2.24, 2.45) is 0 Å². The van der Waals surface area contributed by atoms with E-state index in [4.69, 9.17) is 28.3 Å². The number of aromatic nitrogens is 2. The summed E-state index contributed by atoms with van der Waals surface area (Å²) in [5, 5.41) is 9.38. The highest BCUT2D eigenvalue weighted by molar-refractivity contribution is 6.42. The number of anilines is 1. The summed E-state index contributed by atoms with van der Waals surface area (Å²) in [6.45, 7) is 7.92. The lowest BCUT2D eigenvalue weighted by atomic mass is 10.1. The van der Waals surface area contributed by atoms with Gasteiger partial charge in [0.15, 0.2) is 5.69 Å². The number of para-hydroxylation sites is 1. The molecule has 1 aromatic heterocycles. The molecule has 3 aromatic carbocycles. The van der Waals surface area contributed by atoms with Gasteiger partial charge in [0, 0.05) is 64.5 Å². The Kier molecular flexibility index (Phi) is 9.64. The molecule has 1 N–H and O–H groups in total. The van der Waals surface area contributed by atoms with Gasteiger partial charge in [0.25, 0.3) is 5.91 Å². The second-order valence-corrected chi connectivity index (χ2v) is 12.1. The number of carbonyl (C=O) groups is 1. The van der Waals surface area contributed by atoms with Crippen LogP contribution in [-0.2, 0) is 6.54 Å². The zero-order valence-electron chi connectivity index (χ0n) is 24.4. The van der Waals surface area contributed by atoms with Crippen LogP contribution in [0.4, 0.5) is 5.69 Å². The molecule has 3 heterocycles. The number of piperazine rings is 1. The van der Waals surface area contributed by atoms with E-state index in [1.165, 1.54) is 12.0 Å². The molecule has 0 bridgehead atoms. The van der Waals surface area contributed by atoms with Crippen LogP contribution >= 0.6 is 23.2 Å². The van der Waals surface area contributed by atoms with E-state index in [-0.39, 0.29) is 5.91 Å². The van der Waals surface area contributed by atoms with E-state index in [2.05, 4.69) is 32.1 Å². The van der Waals surface area contributed by atoms with Crippen molar-refractivity contribution in [3.05, 3.63) is 100 Å². The van der Waals surface area contributed by atoms with E-state index in [9.17, 15) is 4.79 Å². The summed E-state index contributed by atoms with van der Waals surface area (Å²) < 4.78 is 1.95. The minimum absolute atomic E-state index is 0.120. The van der Waals surface area contributed by atoms with Crippen molar-refractivity contribution in [2.45, 2.75) is 25.8 Å². The Labute approximate surface area is 264 Å². The molecule has 0 atom stereocenters. The van der Waals surface area contributed by atoms with Crippen LogP contribution in [0.1, 0.15) is 35.3 Å². The number of carbonyl (C=O) groups excluding carboxylic acids is 1. The molecule has 9 heteroatoms. The van der Waals surface area contributed by atoms with Gasteiger partial charge in [-0.3, -0.25) is 14.6 Å². The molecule has 0 spiro atoms. The molecule has 0 unspecified atom stereocenters. The molecule has 6 rings (SSSR count). The summed E-state index contributed by atoms with van der Waals surface area (Å²) in [4.78, 5) is 21.0. The zero-order valence-corrected chi connectivity index (χ0v) is 25.9. The molecular formula is C34H38Cl2N6O. The van der Waals surface area contributed by atoms with Gasteiger partial charge in [-0.1, -0.05) is 77.8 Å². The molecule has 0 radical (unpaired) electrons. The highest BCUT2D eigenvalue weighted by Gasteiger charge is 2.29. The molecule has 2 aliphatic rings. The van der Waals surface area contributed by atoms with Crippen molar-refractivity contribution < 1.29 is 4.79 Å². The number of nitrogens with one attached hydrogen (secondary N) is 1. The van der Waals surface area contributed by atoms with Gasteiger partial charge in [0.1, 0.15) is 0 Å². The molecule has 2 saturated heterocycles. The summed E-state index contributed by atoms with van der Waals surface area (Å²) in [5.41, 5.74) is 5.57. The Morgan fingerprint density at radius 1 is 0.767 bits per heavy atom. The molecule has 0 saturated carbocycles. The second-order valence-electron chi connectivity index (χ2n) is 11.3. The Bertz CT molecular complexity index is 1510. The quantitative estimate of drug-likeness (QED) is 0.236. The number of rotatable bonds is 9. The van der Waals surface area contributed by atoms with Crippen molar-refractivity contribution in [2.75, 3.05) is 57.3 Å². The minimum atomic E-state index is -0.120. The molecular weight excluding hydrogens is 579 g/mol. The summed E-state index contributed by atoms with van der Waals surface area (Å²) >= 11 is 12.3.